The lowest BCUT2D eigenvalue weighted by Crippen LogP contribution is -2.13. The van der Waals surface area contributed by atoms with E-state index in [0.29, 0.717) is 0 Å². The Morgan fingerprint density at radius 2 is 1.73 bits per heavy atom. The molecule has 0 fully saturated rings. The molecule has 92 valence electrons. The van der Waals surface area contributed by atoms with Crippen LogP contribution < -0.4 is 5.32 Å². The van der Waals surface area contributed by atoms with E-state index in [1.807, 2.05) is 0 Å². The minimum atomic E-state index is 0.769. The Balaban J connectivity index is 2.87. The summed E-state index contributed by atoms with van der Waals surface area (Å²) in [4.78, 5) is 0. The van der Waals surface area contributed by atoms with Crippen LogP contribution in [0.25, 0.3) is 0 Å². The van der Waals surface area contributed by atoms with Crippen LogP contribution in [0.3, 0.4) is 0 Å². The van der Waals surface area contributed by atoms with Gasteiger partial charge in [-0.15, -0.1) is 0 Å². The second-order valence-corrected chi connectivity index (χ2v) is 4.56. The zero-order valence-corrected chi connectivity index (χ0v) is 10.8. The first-order chi connectivity index (χ1) is 7.27. The number of unbranched alkanes of at least 4 members (excludes halogenated alkanes) is 3. The molecule has 0 aliphatic rings. The molecule has 1 N–H and O–H groups in total. The molecule has 0 saturated heterocycles. The van der Waals surface area contributed by atoms with Gasteiger partial charge in [0.25, 0.3) is 0 Å². The molecular formula is C13H29NO. The smallest absolute Gasteiger partial charge is 0.0468 e. The first kappa shape index (κ1) is 14.9. The Kier molecular flexibility index (Phi) is 11.9. The molecule has 0 spiro atoms. The van der Waals surface area contributed by atoms with Crippen LogP contribution in [0, 0.1) is 5.92 Å². The van der Waals surface area contributed by atoms with E-state index in [4.69, 9.17) is 4.74 Å². The van der Waals surface area contributed by atoms with Gasteiger partial charge >= 0.3 is 0 Å². The molecule has 0 aromatic heterocycles. The predicted octanol–water partition coefficient (Wildman–Crippen LogP) is 3.22. The van der Waals surface area contributed by atoms with Crippen molar-refractivity contribution in [1.82, 2.24) is 5.32 Å². The quantitative estimate of drug-likeness (QED) is 0.534. The monoisotopic (exact) mass is 215 g/mol. The minimum Gasteiger partial charge on any atom is -0.381 e. The molecule has 0 unspecified atom stereocenters. The summed E-state index contributed by atoms with van der Waals surface area (Å²) in [6, 6.07) is 0. The zero-order valence-electron chi connectivity index (χ0n) is 10.8. The lowest BCUT2D eigenvalue weighted by molar-refractivity contribution is 0.119. The van der Waals surface area contributed by atoms with Crippen molar-refractivity contribution >= 4 is 0 Å². The summed E-state index contributed by atoms with van der Waals surface area (Å²) in [5, 5.41) is 3.34. The van der Waals surface area contributed by atoms with E-state index in [0.717, 1.165) is 25.7 Å². The molecule has 0 atom stereocenters. The molecule has 0 bridgehead atoms. The van der Waals surface area contributed by atoms with Crippen molar-refractivity contribution in [3.63, 3.8) is 0 Å². The van der Waals surface area contributed by atoms with Gasteiger partial charge in [-0.05, 0) is 38.3 Å². The van der Waals surface area contributed by atoms with E-state index < -0.39 is 0 Å². The predicted molar refractivity (Wildman–Crippen MR) is 67.3 cm³/mol. The van der Waals surface area contributed by atoms with E-state index in [9.17, 15) is 0 Å². The second-order valence-electron chi connectivity index (χ2n) is 4.56. The topological polar surface area (TPSA) is 21.3 Å². The maximum atomic E-state index is 5.56. The fourth-order valence-electron chi connectivity index (χ4n) is 1.41. The Hall–Kier alpha value is -0.0800. The molecule has 0 aromatic carbocycles. The van der Waals surface area contributed by atoms with Gasteiger partial charge in [0.1, 0.15) is 0 Å². The van der Waals surface area contributed by atoms with Crippen LogP contribution in [-0.4, -0.2) is 26.3 Å². The lowest BCUT2D eigenvalue weighted by atomic mass is 10.1. The molecule has 2 heteroatoms. The molecule has 0 aliphatic carbocycles. The fourth-order valence-corrected chi connectivity index (χ4v) is 1.41. The highest BCUT2D eigenvalue weighted by Gasteiger charge is 1.94. The van der Waals surface area contributed by atoms with E-state index in [2.05, 4.69) is 26.1 Å². The standard InChI is InChI=1S/C13H29NO/c1-4-14-10-7-5-6-8-11-15-12-9-13(2)3/h13-14H,4-12H2,1-3H3. The maximum Gasteiger partial charge on any atom is 0.0468 e. The van der Waals surface area contributed by atoms with Crippen molar-refractivity contribution in [1.29, 1.82) is 0 Å². The maximum absolute atomic E-state index is 5.56. The number of hydrogen-bond donors (Lipinski definition) is 1. The van der Waals surface area contributed by atoms with Crippen LogP contribution in [0.15, 0.2) is 0 Å². The third kappa shape index (κ3) is 13.9. The summed E-state index contributed by atoms with van der Waals surface area (Å²) in [5.41, 5.74) is 0. The number of nitrogens with one attached hydrogen (secondary N) is 1. The summed E-state index contributed by atoms with van der Waals surface area (Å²) in [6.07, 6.45) is 6.37. The van der Waals surface area contributed by atoms with Crippen molar-refractivity contribution in [3.8, 4) is 0 Å². The van der Waals surface area contributed by atoms with Gasteiger partial charge in [0.2, 0.25) is 0 Å². The summed E-state index contributed by atoms with van der Waals surface area (Å²) in [5.74, 6) is 0.769. The second kappa shape index (κ2) is 12.0. The molecule has 0 saturated carbocycles. The fraction of sp³-hybridized carbons (Fsp3) is 1.00. The minimum absolute atomic E-state index is 0.769. The molecule has 0 radical (unpaired) electrons. The summed E-state index contributed by atoms with van der Waals surface area (Å²) in [7, 11) is 0. The highest BCUT2D eigenvalue weighted by atomic mass is 16.5. The number of ether oxygens (including phenoxy) is 1. The molecule has 2 nitrogen and oxygen atoms in total. The van der Waals surface area contributed by atoms with Crippen LogP contribution in [0.4, 0.5) is 0 Å². The average Bonchev–Trinajstić information content (AvgIpc) is 2.20. The van der Waals surface area contributed by atoms with Crippen molar-refractivity contribution in [2.75, 3.05) is 26.3 Å². The van der Waals surface area contributed by atoms with Crippen molar-refractivity contribution in [3.05, 3.63) is 0 Å². The Morgan fingerprint density at radius 3 is 2.40 bits per heavy atom. The zero-order chi connectivity index (χ0) is 11.4. The van der Waals surface area contributed by atoms with Gasteiger partial charge in [-0.2, -0.15) is 0 Å². The molecule has 0 aromatic rings. The lowest BCUT2D eigenvalue weighted by Gasteiger charge is -2.06. The Labute approximate surface area is 95.8 Å². The van der Waals surface area contributed by atoms with Gasteiger partial charge in [0.15, 0.2) is 0 Å². The number of hydrogen-bond acceptors (Lipinski definition) is 2. The summed E-state index contributed by atoms with van der Waals surface area (Å²) >= 11 is 0. The van der Waals surface area contributed by atoms with Crippen LogP contribution in [0.2, 0.25) is 0 Å². The van der Waals surface area contributed by atoms with Crippen molar-refractivity contribution < 1.29 is 4.74 Å². The Morgan fingerprint density at radius 1 is 1.00 bits per heavy atom. The normalized spacial score (nSPS) is 11.2. The highest BCUT2D eigenvalue weighted by Crippen LogP contribution is 2.02. The van der Waals surface area contributed by atoms with Gasteiger partial charge in [0.05, 0.1) is 0 Å². The van der Waals surface area contributed by atoms with Crippen LogP contribution >= 0.6 is 0 Å². The molecule has 0 amide bonds. The molecular weight excluding hydrogens is 186 g/mol. The van der Waals surface area contributed by atoms with E-state index in [1.165, 1.54) is 38.6 Å². The third-order valence-electron chi connectivity index (χ3n) is 2.48. The van der Waals surface area contributed by atoms with Crippen LogP contribution in [0.5, 0.6) is 0 Å². The summed E-state index contributed by atoms with van der Waals surface area (Å²) in [6.45, 7) is 10.8. The number of rotatable bonds is 11. The van der Waals surface area contributed by atoms with E-state index in [1.54, 1.807) is 0 Å². The SMILES string of the molecule is CCNCCCCCCOCCC(C)C. The van der Waals surface area contributed by atoms with Crippen molar-refractivity contribution in [2.45, 2.75) is 52.9 Å². The largest absolute Gasteiger partial charge is 0.381 e. The van der Waals surface area contributed by atoms with Gasteiger partial charge in [-0.1, -0.05) is 33.6 Å². The molecule has 15 heavy (non-hydrogen) atoms. The van der Waals surface area contributed by atoms with Crippen molar-refractivity contribution in [2.24, 2.45) is 5.92 Å². The summed E-state index contributed by atoms with van der Waals surface area (Å²) < 4.78 is 5.56. The van der Waals surface area contributed by atoms with E-state index >= 15 is 0 Å². The van der Waals surface area contributed by atoms with E-state index in [-0.39, 0.29) is 0 Å². The first-order valence-electron chi connectivity index (χ1n) is 6.55. The van der Waals surface area contributed by atoms with Gasteiger partial charge in [-0.3, -0.25) is 0 Å². The molecule has 0 aliphatic heterocycles. The van der Waals surface area contributed by atoms with Crippen LogP contribution in [-0.2, 0) is 4.74 Å². The average molecular weight is 215 g/mol. The highest BCUT2D eigenvalue weighted by molar-refractivity contribution is 4.47. The van der Waals surface area contributed by atoms with Gasteiger partial charge < -0.3 is 10.1 Å². The molecule has 0 rings (SSSR count). The Bertz CT molecular complexity index is 115. The van der Waals surface area contributed by atoms with Gasteiger partial charge in [0, 0.05) is 13.2 Å². The third-order valence-corrected chi connectivity index (χ3v) is 2.48. The first-order valence-corrected chi connectivity index (χ1v) is 6.55. The molecule has 0 heterocycles. The van der Waals surface area contributed by atoms with Gasteiger partial charge in [-0.25, -0.2) is 0 Å². The van der Waals surface area contributed by atoms with Crippen LogP contribution in [0.1, 0.15) is 52.9 Å².